The lowest BCUT2D eigenvalue weighted by Gasteiger charge is -2.17. The monoisotopic (exact) mass is 419 g/mol. The van der Waals surface area contributed by atoms with E-state index in [0.717, 1.165) is 34.1 Å². The Morgan fingerprint density at radius 3 is 2.70 bits per heavy atom. The molecule has 0 aromatic carbocycles. The molecule has 2 aromatic heterocycles. The third-order valence-corrected chi connectivity index (χ3v) is 6.07. The Morgan fingerprint density at radius 1 is 1.40 bits per heavy atom. The van der Waals surface area contributed by atoms with E-state index in [9.17, 15) is 0 Å². The Balaban J connectivity index is 2.28. The summed E-state index contributed by atoms with van der Waals surface area (Å²) in [4.78, 5) is 1.35. The van der Waals surface area contributed by atoms with Gasteiger partial charge in [0.1, 0.15) is 0 Å². The first kappa shape index (κ1) is 16.2. The summed E-state index contributed by atoms with van der Waals surface area (Å²) >= 11 is 9.01. The van der Waals surface area contributed by atoms with Crippen LogP contribution >= 0.6 is 43.2 Å². The van der Waals surface area contributed by atoms with Crippen molar-refractivity contribution in [2.75, 3.05) is 6.54 Å². The normalized spacial score (nSPS) is 12.8. The lowest BCUT2D eigenvalue weighted by molar-refractivity contribution is 0.521. The molecule has 110 valence electrons. The molecule has 2 rings (SSSR count). The van der Waals surface area contributed by atoms with Crippen LogP contribution in [0.2, 0.25) is 0 Å². The molecule has 0 aliphatic carbocycles. The number of thiophene rings is 1. The van der Waals surface area contributed by atoms with Crippen LogP contribution in [0, 0.1) is 6.92 Å². The van der Waals surface area contributed by atoms with Gasteiger partial charge in [0.25, 0.3) is 0 Å². The smallest absolute Gasteiger partial charge is 0.0738 e. The molecule has 0 radical (unpaired) electrons. The van der Waals surface area contributed by atoms with Crippen molar-refractivity contribution in [2.45, 2.75) is 39.8 Å². The fraction of sp³-hybridized carbons (Fsp3) is 0.500. The highest BCUT2D eigenvalue weighted by atomic mass is 79.9. The van der Waals surface area contributed by atoms with Gasteiger partial charge in [-0.2, -0.15) is 5.10 Å². The van der Waals surface area contributed by atoms with Gasteiger partial charge in [-0.1, -0.05) is 6.92 Å². The summed E-state index contributed by atoms with van der Waals surface area (Å²) in [6.07, 6.45) is 0.941. The molecule has 0 aliphatic heterocycles. The van der Waals surface area contributed by atoms with Crippen LogP contribution in [-0.4, -0.2) is 16.3 Å². The van der Waals surface area contributed by atoms with E-state index in [1.807, 2.05) is 6.92 Å². The van der Waals surface area contributed by atoms with Crippen molar-refractivity contribution < 1.29 is 0 Å². The second kappa shape index (κ2) is 7.20. The van der Waals surface area contributed by atoms with Crippen LogP contribution in [0.5, 0.6) is 0 Å². The molecule has 1 unspecified atom stereocenters. The Bertz CT molecular complexity index is 577. The second-order valence-corrected chi connectivity index (χ2v) is 7.30. The van der Waals surface area contributed by atoms with Crippen LogP contribution < -0.4 is 5.32 Å². The van der Waals surface area contributed by atoms with Crippen molar-refractivity contribution in [3.05, 3.63) is 36.7 Å². The summed E-state index contributed by atoms with van der Waals surface area (Å²) in [6, 6.07) is 2.53. The minimum atomic E-state index is 0.328. The van der Waals surface area contributed by atoms with Crippen molar-refractivity contribution in [3.8, 4) is 0 Å². The largest absolute Gasteiger partial charge is 0.309 e. The van der Waals surface area contributed by atoms with Gasteiger partial charge in [0.15, 0.2) is 0 Å². The Hall–Kier alpha value is -0.170. The van der Waals surface area contributed by atoms with E-state index in [-0.39, 0.29) is 0 Å². The highest BCUT2D eigenvalue weighted by Gasteiger charge is 2.19. The topological polar surface area (TPSA) is 29.9 Å². The van der Waals surface area contributed by atoms with E-state index in [1.54, 1.807) is 11.3 Å². The molecule has 2 aromatic rings. The zero-order valence-electron chi connectivity index (χ0n) is 11.9. The number of nitrogens with zero attached hydrogens (tertiary/aromatic N) is 2. The van der Waals surface area contributed by atoms with Gasteiger partial charge < -0.3 is 5.32 Å². The van der Waals surface area contributed by atoms with Gasteiger partial charge in [-0.05, 0) is 58.3 Å². The highest BCUT2D eigenvalue weighted by Crippen LogP contribution is 2.31. The van der Waals surface area contributed by atoms with Gasteiger partial charge in [-0.3, -0.25) is 4.68 Å². The molecule has 0 aliphatic rings. The Morgan fingerprint density at radius 2 is 2.15 bits per heavy atom. The van der Waals surface area contributed by atoms with Gasteiger partial charge in [0.05, 0.1) is 15.9 Å². The minimum Gasteiger partial charge on any atom is -0.309 e. The average Bonchev–Trinajstić information content (AvgIpc) is 2.96. The lowest BCUT2D eigenvalue weighted by atomic mass is 10.1. The Kier molecular flexibility index (Phi) is 5.84. The van der Waals surface area contributed by atoms with Crippen LogP contribution in [0.3, 0.4) is 0 Å². The lowest BCUT2D eigenvalue weighted by Crippen LogP contribution is -2.23. The average molecular weight is 421 g/mol. The second-order valence-electron chi connectivity index (χ2n) is 4.64. The van der Waals surface area contributed by atoms with Gasteiger partial charge in [0.2, 0.25) is 0 Å². The summed E-state index contributed by atoms with van der Waals surface area (Å²) in [6.45, 7) is 8.18. The maximum atomic E-state index is 4.58. The number of aryl methyl sites for hydroxylation is 2. The SMILES string of the molecule is CCNC(Cc1c(Br)c(C)nn1CC)c1cc(Br)cs1. The fourth-order valence-corrected chi connectivity index (χ4v) is 4.26. The standard InChI is InChI=1S/C14H19Br2N3S/c1-4-17-11(13-6-10(15)8-20-13)7-12-14(16)9(3)18-19(12)5-2/h6,8,11,17H,4-5,7H2,1-3H3. The molecule has 2 heterocycles. The third kappa shape index (κ3) is 3.53. The minimum absolute atomic E-state index is 0.328. The van der Waals surface area contributed by atoms with E-state index < -0.39 is 0 Å². The molecular weight excluding hydrogens is 402 g/mol. The zero-order chi connectivity index (χ0) is 14.7. The number of rotatable bonds is 6. The van der Waals surface area contributed by atoms with Gasteiger partial charge >= 0.3 is 0 Å². The molecule has 3 nitrogen and oxygen atoms in total. The molecular formula is C14H19Br2N3S. The van der Waals surface area contributed by atoms with E-state index in [2.05, 4.69) is 72.3 Å². The number of likely N-dealkylation sites (N-methyl/N-ethyl adjacent to an activating group) is 1. The number of halogens is 2. The summed E-state index contributed by atoms with van der Waals surface area (Å²) in [5, 5.41) is 10.3. The number of nitrogens with one attached hydrogen (secondary N) is 1. The molecule has 1 N–H and O–H groups in total. The first-order valence-corrected chi connectivity index (χ1v) is 9.22. The third-order valence-electron chi connectivity index (χ3n) is 3.23. The van der Waals surface area contributed by atoms with E-state index >= 15 is 0 Å². The van der Waals surface area contributed by atoms with Crippen LogP contribution in [0.1, 0.15) is 36.2 Å². The molecule has 0 fully saturated rings. The van der Waals surface area contributed by atoms with Gasteiger partial charge in [-0.15, -0.1) is 11.3 Å². The van der Waals surface area contributed by atoms with Crippen molar-refractivity contribution in [1.82, 2.24) is 15.1 Å². The van der Waals surface area contributed by atoms with Crippen molar-refractivity contribution in [2.24, 2.45) is 0 Å². The zero-order valence-corrected chi connectivity index (χ0v) is 15.9. The first-order valence-electron chi connectivity index (χ1n) is 6.75. The van der Waals surface area contributed by atoms with Gasteiger partial charge in [-0.25, -0.2) is 0 Å². The first-order chi connectivity index (χ1) is 9.56. The van der Waals surface area contributed by atoms with Crippen LogP contribution in [0.15, 0.2) is 20.4 Å². The molecule has 0 bridgehead atoms. The maximum Gasteiger partial charge on any atom is 0.0738 e. The van der Waals surface area contributed by atoms with Crippen LogP contribution in [-0.2, 0) is 13.0 Å². The summed E-state index contributed by atoms with van der Waals surface area (Å²) in [7, 11) is 0. The summed E-state index contributed by atoms with van der Waals surface area (Å²) in [5.74, 6) is 0. The molecule has 0 saturated heterocycles. The molecule has 0 spiro atoms. The van der Waals surface area contributed by atoms with E-state index in [1.165, 1.54) is 10.6 Å². The number of hydrogen-bond acceptors (Lipinski definition) is 3. The van der Waals surface area contributed by atoms with Crippen LogP contribution in [0.25, 0.3) is 0 Å². The van der Waals surface area contributed by atoms with Crippen LogP contribution in [0.4, 0.5) is 0 Å². The van der Waals surface area contributed by atoms with Crippen molar-refractivity contribution >= 4 is 43.2 Å². The number of hydrogen-bond donors (Lipinski definition) is 1. The summed E-state index contributed by atoms with van der Waals surface area (Å²) < 4.78 is 4.38. The predicted octanol–water partition coefficient (Wildman–Crippen LogP) is 4.69. The van der Waals surface area contributed by atoms with E-state index in [4.69, 9.17) is 0 Å². The predicted molar refractivity (Wildman–Crippen MR) is 92.5 cm³/mol. The maximum absolute atomic E-state index is 4.58. The van der Waals surface area contributed by atoms with Gasteiger partial charge in [0, 0.05) is 33.7 Å². The number of aromatic nitrogens is 2. The highest BCUT2D eigenvalue weighted by molar-refractivity contribution is 9.10. The molecule has 1 atom stereocenters. The molecule has 6 heteroatoms. The van der Waals surface area contributed by atoms with Crippen molar-refractivity contribution in [1.29, 1.82) is 0 Å². The summed E-state index contributed by atoms with van der Waals surface area (Å²) in [5.41, 5.74) is 2.32. The fourth-order valence-electron chi connectivity index (χ4n) is 2.29. The molecule has 0 amide bonds. The molecule has 20 heavy (non-hydrogen) atoms. The quantitative estimate of drug-likeness (QED) is 0.734. The Labute approximate surface area is 141 Å². The van der Waals surface area contributed by atoms with E-state index in [0.29, 0.717) is 6.04 Å². The molecule has 0 saturated carbocycles. The van der Waals surface area contributed by atoms with Crippen molar-refractivity contribution in [3.63, 3.8) is 0 Å².